The molecule has 0 spiro atoms. The van der Waals surface area contributed by atoms with Crippen molar-refractivity contribution < 1.29 is 14.6 Å². The van der Waals surface area contributed by atoms with Gasteiger partial charge in [-0.2, -0.15) is 5.10 Å². The van der Waals surface area contributed by atoms with Crippen molar-refractivity contribution in [3.63, 3.8) is 0 Å². The third-order valence-electron chi connectivity index (χ3n) is 6.61. The summed E-state index contributed by atoms with van der Waals surface area (Å²) in [5.74, 6) is 0.555. The number of aromatic amines is 1. The van der Waals surface area contributed by atoms with Gasteiger partial charge in [0.05, 0.1) is 12.3 Å². The highest BCUT2D eigenvalue weighted by Crippen LogP contribution is 2.21. The summed E-state index contributed by atoms with van der Waals surface area (Å²) in [5.41, 5.74) is 3.66. The van der Waals surface area contributed by atoms with Crippen LogP contribution in [0.2, 0.25) is 0 Å². The number of anilines is 2. The minimum atomic E-state index is -0.923. The van der Waals surface area contributed by atoms with E-state index in [1.807, 2.05) is 6.92 Å². The molecule has 0 saturated heterocycles. The number of hydrogen-bond donors (Lipinski definition) is 4. The Bertz CT molecular complexity index is 1140. The lowest BCUT2D eigenvalue weighted by Gasteiger charge is -2.26. The lowest BCUT2D eigenvalue weighted by Crippen LogP contribution is -2.38. The summed E-state index contributed by atoms with van der Waals surface area (Å²) in [6.07, 6.45) is 8.66. The van der Waals surface area contributed by atoms with Crippen LogP contribution in [0.4, 0.5) is 11.6 Å². The Hall–Kier alpha value is -3.31. The lowest BCUT2D eigenvalue weighted by molar-refractivity contribution is -0.138. The summed E-state index contributed by atoms with van der Waals surface area (Å²) in [4.78, 5) is 27.4. The van der Waals surface area contributed by atoms with Crippen molar-refractivity contribution >= 4 is 28.6 Å². The predicted molar refractivity (Wildman–Crippen MR) is 138 cm³/mol. The van der Waals surface area contributed by atoms with Gasteiger partial charge in [-0.05, 0) is 63.6 Å². The maximum atomic E-state index is 12.0. The predicted octanol–water partition coefficient (Wildman–Crippen LogP) is 2.72. The van der Waals surface area contributed by atoms with E-state index in [0.717, 1.165) is 63.3 Å². The second-order valence-electron chi connectivity index (χ2n) is 9.32. The fraction of sp³-hybridized carbons (Fsp3) is 0.560. The zero-order chi connectivity index (χ0) is 25.3. The van der Waals surface area contributed by atoms with Gasteiger partial charge < -0.3 is 25.4 Å². The number of nitrogens with one attached hydrogen (secondary N) is 3. The summed E-state index contributed by atoms with van der Waals surface area (Å²) in [6.45, 7) is 5.24. The van der Waals surface area contributed by atoms with E-state index in [9.17, 15) is 9.90 Å². The fourth-order valence-corrected chi connectivity index (χ4v) is 4.49. The molecule has 4 rings (SSSR count). The number of H-pyrrole nitrogens is 1. The molecule has 0 unspecified atom stereocenters. The average Bonchev–Trinajstić information content (AvgIpc) is 3.38. The SMILES string of the molecule is CO[C@H](C)CN(CCCCc1ccc2c(n1)NCCC2)CC[C@H](Nc1ncnc2cn[nH]c12)C(=O)O. The number of carboxylic acid groups (broad SMARTS) is 1. The molecule has 1 aliphatic rings. The molecule has 11 nitrogen and oxygen atoms in total. The molecule has 3 aromatic rings. The van der Waals surface area contributed by atoms with Crippen molar-refractivity contribution in [2.45, 2.75) is 57.6 Å². The highest BCUT2D eigenvalue weighted by molar-refractivity contribution is 5.87. The van der Waals surface area contributed by atoms with E-state index >= 15 is 0 Å². The van der Waals surface area contributed by atoms with Crippen molar-refractivity contribution in [1.82, 2.24) is 30.0 Å². The number of aliphatic carboxylic acids is 1. The Balaban J connectivity index is 1.30. The largest absolute Gasteiger partial charge is 0.480 e. The normalized spacial score (nSPS) is 14.9. The number of fused-ring (bicyclic) bond motifs is 2. The summed E-state index contributed by atoms with van der Waals surface area (Å²) >= 11 is 0. The fourth-order valence-electron chi connectivity index (χ4n) is 4.49. The molecule has 194 valence electrons. The zero-order valence-corrected chi connectivity index (χ0v) is 21.0. The first-order chi connectivity index (χ1) is 17.5. The molecule has 0 fully saturated rings. The van der Waals surface area contributed by atoms with Crippen LogP contribution < -0.4 is 10.6 Å². The van der Waals surface area contributed by atoms with E-state index in [-0.39, 0.29) is 6.10 Å². The van der Waals surface area contributed by atoms with Gasteiger partial charge in [0.25, 0.3) is 0 Å². The molecule has 36 heavy (non-hydrogen) atoms. The lowest BCUT2D eigenvalue weighted by atomic mass is 10.1. The number of carboxylic acids is 1. The van der Waals surface area contributed by atoms with Crippen LogP contribution in [-0.4, -0.2) is 86.6 Å². The van der Waals surface area contributed by atoms with Gasteiger partial charge in [-0.3, -0.25) is 5.10 Å². The minimum Gasteiger partial charge on any atom is -0.480 e. The molecule has 0 aliphatic carbocycles. The monoisotopic (exact) mass is 496 g/mol. The first-order valence-electron chi connectivity index (χ1n) is 12.6. The van der Waals surface area contributed by atoms with Gasteiger partial charge in [-0.1, -0.05) is 6.07 Å². The average molecular weight is 497 g/mol. The Kier molecular flexibility index (Phi) is 9.01. The van der Waals surface area contributed by atoms with Gasteiger partial charge >= 0.3 is 5.97 Å². The number of aromatic nitrogens is 5. The molecule has 3 aromatic heterocycles. The molecule has 0 amide bonds. The van der Waals surface area contributed by atoms with E-state index in [1.54, 1.807) is 13.3 Å². The van der Waals surface area contributed by atoms with Crippen LogP contribution in [0.3, 0.4) is 0 Å². The maximum Gasteiger partial charge on any atom is 0.326 e. The number of carbonyl (C=O) groups is 1. The van der Waals surface area contributed by atoms with Crippen molar-refractivity contribution in [2.24, 2.45) is 0 Å². The van der Waals surface area contributed by atoms with Crippen molar-refractivity contribution in [3.05, 3.63) is 35.9 Å². The molecular formula is C25H36N8O3. The summed E-state index contributed by atoms with van der Waals surface area (Å²) < 4.78 is 5.48. The van der Waals surface area contributed by atoms with Crippen LogP contribution >= 0.6 is 0 Å². The van der Waals surface area contributed by atoms with E-state index in [1.165, 1.54) is 11.9 Å². The number of unbranched alkanes of at least 4 members (excludes halogenated alkanes) is 1. The van der Waals surface area contributed by atoms with Crippen molar-refractivity contribution in [2.75, 3.05) is 43.9 Å². The number of rotatable bonds is 14. The van der Waals surface area contributed by atoms with Gasteiger partial charge in [-0.25, -0.2) is 19.7 Å². The first-order valence-corrected chi connectivity index (χ1v) is 12.6. The maximum absolute atomic E-state index is 12.0. The molecule has 11 heteroatoms. The van der Waals surface area contributed by atoms with E-state index in [0.29, 0.717) is 29.8 Å². The van der Waals surface area contributed by atoms with Gasteiger partial charge in [0.15, 0.2) is 5.82 Å². The van der Waals surface area contributed by atoms with Crippen molar-refractivity contribution in [3.8, 4) is 0 Å². The van der Waals surface area contributed by atoms with E-state index < -0.39 is 12.0 Å². The van der Waals surface area contributed by atoms with E-state index in [2.05, 4.69) is 47.8 Å². The molecule has 0 aromatic carbocycles. The summed E-state index contributed by atoms with van der Waals surface area (Å²) in [6, 6.07) is 3.55. The number of methoxy groups -OCH3 is 1. The van der Waals surface area contributed by atoms with Crippen LogP contribution in [0.25, 0.3) is 11.0 Å². The van der Waals surface area contributed by atoms with Gasteiger partial charge in [0.1, 0.15) is 29.2 Å². The van der Waals surface area contributed by atoms with Crippen LogP contribution in [0.15, 0.2) is 24.7 Å². The van der Waals surface area contributed by atoms with Gasteiger partial charge in [0, 0.05) is 32.4 Å². The van der Waals surface area contributed by atoms with Gasteiger partial charge in [-0.15, -0.1) is 0 Å². The third-order valence-corrected chi connectivity index (χ3v) is 6.61. The third kappa shape index (κ3) is 6.88. The van der Waals surface area contributed by atoms with Crippen molar-refractivity contribution in [1.29, 1.82) is 0 Å². The number of ether oxygens (including phenoxy) is 1. The Morgan fingerprint density at radius 2 is 2.17 bits per heavy atom. The highest BCUT2D eigenvalue weighted by Gasteiger charge is 2.21. The highest BCUT2D eigenvalue weighted by atomic mass is 16.5. The van der Waals surface area contributed by atoms with Crippen LogP contribution in [0.1, 0.15) is 43.9 Å². The van der Waals surface area contributed by atoms with Crippen LogP contribution in [0.5, 0.6) is 0 Å². The Morgan fingerprint density at radius 3 is 3.00 bits per heavy atom. The molecule has 0 radical (unpaired) electrons. The standard InChI is InChI=1S/C25H36N8O3/c1-17(36-2)15-33(12-4-3-7-19-9-8-18-6-5-11-26-23(18)30-19)13-10-20(25(34)35)31-24-22-21(14-29-32-22)27-16-28-24/h8-9,14,16-17,20H,3-7,10-13,15H2,1-2H3,(H,26,30)(H,29,32)(H,34,35)(H,27,28,31)/t17-,20+/m1/s1. The molecule has 4 heterocycles. The molecule has 0 saturated carbocycles. The zero-order valence-electron chi connectivity index (χ0n) is 21.0. The second-order valence-corrected chi connectivity index (χ2v) is 9.32. The number of aryl methyl sites for hydroxylation is 2. The summed E-state index contributed by atoms with van der Waals surface area (Å²) in [7, 11) is 1.70. The molecule has 1 aliphatic heterocycles. The Morgan fingerprint density at radius 1 is 1.28 bits per heavy atom. The number of nitrogens with zero attached hydrogens (tertiary/aromatic N) is 5. The first kappa shape index (κ1) is 25.8. The molecule has 4 N–H and O–H groups in total. The molecule has 2 atom stereocenters. The number of pyridine rings is 1. The molecular weight excluding hydrogens is 460 g/mol. The Labute approximate surface area is 211 Å². The van der Waals surface area contributed by atoms with Crippen LogP contribution in [-0.2, 0) is 22.4 Å². The molecule has 0 bridgehead atoms. The second kappa shape index (κ2) is 12.6. The quantitative estimate of drug-likeness (QED) is 0.246. The minimum absolute atomic E-state index is 0.0566. The number of hydrogen-bond acceptors (Lipinski definition) is 9. The van der Waals surface area contributed by atoms with Crippen LogP contribution in [0, 0.1) is 0 Å². The summed E-state index contributed by atoms with van der Waals surface area (Å²) in [5, 5.41) is 23.1. The van der Waals surface area contributed by atoms with E-state index in [4.69, 9.17) is 9.72 Å². The van der Waals surface area contributed by atoms with Gasteiger partial charge in [0.2, 0.25) is 0 Å². The topological polar surface area (TPSA) is 141 Å². The smallest absolute Gasteiger partial charge is 0.326 e.